The molecule has 0 aromatic heterocycles. The number of rotatable bonds is 6. The maximum absolute atomic E-state index is 13.3. The van der Waals surface area contributed by atoms with Crippen molar-refractivity contribution in [2.24, 2.45) is 0 Å². The van der Waals surface area contributed by atoms with Gasteiger partial charge >= 0.3 is 0 Å². The first kappa shape index (κ1) is 22.6. The second kappa shape index (κ2) is 10.3. The lowest BCUT2D eigenvalue weighted by molar-refractivity contribution is 0.0629. The summed E-state index contributed by atoms with van der Waals surface area (Å²) in [4.78, 5) is 30.2. The number of hydrogen-bond acceptors (Lipinski definition) is 4. The Morgan fingerprint density at radius 3 is 2.33 bits per heavy atom. The molecule has 0 radical (unpaired) electrons. The summed E-state index contributed by atoms with van der Waals surface area (Å²) >= 11 is 0. The highest BCUT2D eigenvalue weighted by molar-refractivity contribution is 6.09. The molecule has 0 unspecified atom stereocenters. The average molecular weight is 444 g/mol. The summed E-state index contributed by atoms with van der Waals surface area (Å²) in [6.45, 7) is 5.94. The third kappa shape index (κ3) is 5.59. The van der Waals surface area contributed by atoms with E-state index in [1.165, 1.54) is 11.1 Å². The molecule has 1 N–H and O–H groups in total. The molecule has 0 bridgehead atoms. The average Bonchev–Trinajstić information content (AvgIpc) is 2.84. The second-order valence-electron chi connectivity index (χ2n) is 8.29. The molecular formula is C27H29N3O3. The summed E-state index contributed by atoms with van der Waals surface area (Å²) in [5, 5.41) is 2.89. The van der Waals surface area contributed by atoms with Crippen molar-refractivity contribution in [3.8, 4) is 5.75 Å². The fourth-order valence-corrected chi connectivity index (χ4v) is 4.06. The molecule has 1 fully saturated rings. The van der Waals surface area contributed by atoms with Crippen LogP contribution in [0.2, 0.25) is 0 Å². The number of nitrogens with one attached hydrogen (secondary N) is 1. The Bertz CT molecular complexity index is 1120. The zero-order valence-electron chi connectivity index (χ0n) is 19.1. The lowest BCUT2D eigenvalue weighted by Gasteiger charge is -2.35. The van der Waals surface area contributed by atoms with Crippen LogP contribution in [0.3, 0.4) is 0 Å². The number of piperazine rings is 1. The van der Waals surface area contributed by atoms with Crippen LogP contribution in [0.5, 0.6) is 5.75 Å². The van der Waals surface area contributed by atoms with Gasteiger partial charge in [-0.2, -0.15) is 0 Å². The SMILES string of the molecule is COc1ccc(C(=O)Nc2ccccc2C(=O)N2CCN(Cc3cccc(C)c3)CC2)cc1. The number of carbonyl (C=O) groups excluding carboxylic acids is 2. The number of aryl methyl sites for hydroxylation is 1. The van der Waals surface area contributed by atoms with E-state index >= 15 is 0 Å². The molecule has 2 amide bonds. The first-order valence-corrected chi connectivity index (χ1v) is 11.1. The summed E-state index contributed by atoms with van der Waals surface area (Å²) in [6.07, 6.45) is 0. The molecule has 33 heavy (non-hydrogen) atoms. The maximum Gasteiger partial charge on any atom is 0.256 e. The number of para-hydroxylation sites is 1. The Kier molecular flexibility index (Phi) is 7.05. The van der Waals surface area contributed by atoms with Gasteiger partial charge in [-0.05, 0) is 48.9 Å². The monoisotopic (exact) mass is 443 g/mol. The number of hydrogen-bond donors (Lipinski definition) is 1. The van der Waals surface area contributed by atoms with Gasteiger partial charge in [-0.3, -0.25) is 14.5 Å². The zero-order valence-corrected chi connectivity index (χ0v) is 19.1. The molecule has 0 spiro atoms. The molecule has 6 nitrogen and oxygen atoms in total. The van der Waals surface area contributed by atoms with Gasteiger partial charge < -0.3 is 15.0 Å². The van der Waals surface area contributed by atoms with Crippen LogP contribution in [0.15, 0.2) is 72.8 Å². The van der Waals surface area contributed by atoms with Crippen LogP contribution in [0.4, 0.5) is 5.69 Å². The van der Waals surface area contributed by atoms with E-state index in [-0.39, 0.29) is 11.8 Å². The molecule has 6 heteroatoms. The van der Waals surface area contributed by atoms with Crippen molar-refractivity contribution in [1.82, 2.24) is 9.80 Å². The highest BCUT2D eigenvalue weighted by Gasteiger charge is 2.24. The predicted molar refractivity (Wildman–Crippen MR) is 130 cm³/mol. The van der Waals surface area contributed by atoms with E-state index < -0.39 is 0 Å². The van der Waals surface area contributed by atoms with E-state index in [9.17, 15) is 9.59 Å². The van der Waals surface area contributed by atoms with Crippen LogP contribution in [-0.4, -0.2) is 54.9 Å². The molecule has 1 heterocycles. The van der Waals surface area contributed by atoms with Gasteiger partial charge in [0.2, 0.25) is 0 Å². The van der Waals surface area contributed by atoms with Crippen LogP contribution in [0, 0.1) is 6.92 Å². The highest BCUT2D eigenvalue weighted by Crippen LogP contribution is 2.21. The largest absolute Gasteiger partial charge is 0.497 e. The Labute approximate surface area is 194 Å². The van der Waals surface area contributed by atoms with Gasteiger partial charge in [0.15, 0.2) is 0 Å². The van der Waals surface area contributed by atoms with Crippen LogP contribution in [-0.2, 0) is 6.54 Å². The number of carbonyl (C=O) groups is 2. The minimum atomic E-state index is -0.263. The highest BCUT2D eigenvalue weighted by atomic mass is 16.5. The number of methoxy groups -OCH3 is 1. The molecule has 0 atom stereocenters. The van der Waals surface area contributed by atoms with Crippen molar-refractivity contribution >= 4 is 17.5 Å². The Morgan fingerprint density at radius 2 is 1.64 bits per heavy atom. The number of nitrogens with zero attached hydrogens (tertiary/aromatic N) is 2. The van der Waals surface area contributed by atoms with Crippen LogP contribution < -0.4 is 10.1 Å². The number of anilines is 1. The van der Waals surface area contributed by atoms with Crippen LogP contribution >= 0.6 is 0 Å². The van der Waals surface area contributed by atoms with Gasteiger partial charge in [0.1, 0.15) is 5.75 Å². The molecular weight excluding hydrogens is 414 g/mol. The zero-order chi connectivity index (χ0) is 23.2. The standard InChI is InChI=1S/C27H29N3O3/c1-20-6-5-7-21(18-20)19-29-14-16-30(17-15-29)27(32)24-8-3-4-9-25(24)28-26(31)22-10-12-23(33-2)13-11-22/h3-13,18H,14-17,19H2,1-2H3,(H,28,31). The van der Waals surface area contributed by atoms with E-state index in [1.807, 2.05) is 17.0 Å². The lowest BCUT2D eigenvalue weighted by atomic mass is 10.1. The Morgan fingerprint density at radius 1 is 0.909 bits per heavy atom. The number of ether oxygens (including phenoxy) is 1. The van der Waals surface area contributed by atoms with Crippen molar-refractivity contribution in [2.75, 3.05) is 38.6 Å². The summed E-state index contributed by atoms with van der Waals surface area (Å²) < 4.78 is 5.15. The fourth-order valence-electron chi connectivity index (χ4n) is 4.06. The van der Waals surface area contributed by atoms with E-state index in [1.54, 1.807) is 43.5 Å². The molecule has 1 aliphatic rings. The van der Waals surface area contributed by atoms with Gasteiger partial charge in [-0.25, -0.2) is 0 Å². The number of amides is 2. The van der Waals surface area contributed by atoms with Gasteiger partial charge in [0.05, 0.1) is 18.4 Å². The minimum absolute atomic E-state index is 0.0594. The molecule has 3 aromatic rings. The predicted octanol–water partition coefficient (Wildman–Crippen LogP) is 4.21. The molecule has 1 saturated heterocycles. The van der Waals surface area contributed by atoms with Crippen molar-refractivity contribution in [3.63, 3.8) is 0 Å². The van der Waals surface area contributed by atoms with Gasteiger partial charge in [-0.1, -0.05) is 42.0 Å². The molecule has 0 saturated carbocycles. The molecule has 3 aromatic carbocycles. The lowest BCUT2D eigenvalue weighted by Crippen LogP contribution is -2.48. The smallest absolute Gasteiger partial charge is 0.256 e. The molecule has 170 valence electrons. The topological polar surface area (TPSA) is 61.9 Å². The quantitative estimate of drug-likeness (QED) is 0.620. The number of benzene rings is 3. The molecule has 4 rings (SSSR count). The van der Waals surface area contributed by atoms with Crippen molar-refractivity contribution in [1.29, 1.82) is 0 Å². The van der Waals surface area contributed by atoms with E-state index in [2.05, 4.69) is 41.4 Å². The maximum atomic E-state index is 13.3. The second-order valence-corrected chi connectivity index (χ2v) is 8.29. The Balaban J connectivity index is 1.39. The van der Waals surface area contributed by atoms with E-state index in [0.717, 1.165) is 19.6 Å². The first-order valence-electron chi connectivity index (χ1n) is 11.1. The third-order valence-electron chi connectivity index (χ3n) is 5.91. The first-order chi connectivity index (χ1) is 16.0. The van der Waals surface area contributed by atoms with E-state index in [0.29, 0.717) is 35.7 Å². The Hall–Kier alpha value is -3.64. The van der Waals surface area contributed by atoms with Crippen molar-refractivity contribution in [2.45, 2.75) is 13.5 Å². The minimum Gasteiger partial charge on any atom is -0.497 e. The van der Waals surface area contributed by atoms with Crippen molar-refractivity contribution < 1.29 is 14.3 Å². The normalized spacial score (nSPS) is 14.1. The fraction of sp³-hybridized carbons (Fsp3) is 0.259. The summed E-state index contributed by atoms with van der Waals surface area (Å²) in [6, 6.07) is 22.6. The van der Waals surface area contributed by atoms with Gasteiger partial charge in [0.25, 0.3) is 11.8 Å². The summed E-state index contributed by atoms with van der Waals surface area (Å²) in [5.41, 5.74) is 4.08. The van der Waals surface area contributed by atoms with Crippen LogP contribution in [0.1, 0.15) is 31.8 Å². The van der Waals surface area contributed by atoms with Crippen LogP contribution in [0.25, 0.3) is 0 Å². The molecule has 1 aliphatic heterocycles. The summed E-state index contributed by atoms with van der Waals surface area (Å²) in [5.74, 6) is 0.361. The van der Waals surface area contributed by atoms with Gasteiger partial charge in [0, 0.05) is 38.3 Å². The van der Waals surface area contributed by atoms with Gasteiger partial charge in [-0.15, -0.1) is 0 Å². The summed E-state index contributed by atoms with van der Waals surface area (Å²) in [7, 11) is 1.58. The molecule has 0 aliphatic carbocycles. The third-order valence-corrected chi connectivity index (χ3v) is 5.91. The van der Waals surface area contributed by atoms with E-state index in [4.69, 9.17) is 4.74 Å². The van der Waals surface area contributed by atoms with Crippen molar-refractivity contribution in [3.05, 3.63) is 95.1 Å².